The maximum absolute atomic E-state index is 13.1. The molecule has 0 unspecified atom stereocenters. The van der Waals surface area contributed by atoms with E-state index >= 15 is 0 Å². The molecule has 0 aliphatic heterocycles. The van der Waals surface area contributed by atoms with Crippen LogP contribution in [0.5, 0.6) is 0 Å². The molecule has 0 bridgehead atoms. The van der Waals surface area contributed by atoms with Crippen molar-refractivity contribution in [2.24, 2.45) is 0 Å². The van der Waals surface area contributed by atoms with E-state index in [9.17, 15) is 9.59 Å². The molecule has 4 rings (SSSR count). The quantitative estimate of drug-likeness (QED) is 0.411. The van der Waals surface area contributed by atoms with E-state index in [2.05, 4.69) is 10.2 Å². The Labute approximate surface area is 184 Å². The predicted octanol–water partition coefficient (Wildman–Crippen LogP) is 3.99. The maximum Gasteiger partial charge on any atom is 0.262 e. The van der Waals surface area contributed by atoms with E-state index in [1.165, 1.54) is 11.8 Å². The molecule has 0 aliphatic rings. The minimum atomic E-state index is -0.0694. The molecule has 0 atom stereocenters. The molecule has 4 aromatic rings. The van der Waals surface area contributed by atoms with Crippen molar-refractivity contribution in [1.29, 1.82) is 0 Å². The van der Waals surface area contributed by atoms with Crippen molar-refractivity contribution in [2.75, 3.05) is 10.7 Å². The van der Waals surface area contributed by atoms with Gasteiger partial charge in [-0.2, -0.15) is 0 Å². The average molecular weight is 436 g/mol. The number of carbonyl (C=O) groups is 1. The summed E-state index contributed by atoms with van der Waals surface area (Å²) in [5.41, 5.74) is 1.55. The molecule has 2 aromatic heterocycles. The number of carbonyl (C=O) groups excluding carboxylic acids is 1. The Kier molecular flexibility index (Phi) is 6.08. The number of hydrogen-bond acceptors (Lipinski definition) is 5. The average Bonchev–Trinajstić information content (AvgIpc) is 3.20. The van der Waals surface area contributed by atoms with Crippen LogP contribution in [0.3, 0.4) is 0 Å². The SMILES string of the molecule is CCCn1c(=O)c2ccccc2n2c(SCC(=O)N(c3ccccc3)C(C)C)nnc12. The van der Waals surface area contributed by atoms with Gasteiger partial charge in [0.15, 0.2) is 5.16 Å². The lowest BCUT2D eigenvalue weighted by atomic mass is 10.2. The lowest BCUT2D eigenvalue weighted by molar-refractivity contribution is -0.116. The van der Waals surface area contributed by atoms with Gasteiger partial charge >= 0.3 is 0 Å². The third-order valence-corrected chi connectivity index (χ3v) is 5.98. The van der Waals surface area contributed by atoms with Gasteiger partial charge in [-0.15, -0.1) is 10.2 Å². The number of nitrogens with zero attached hydrogens (tertiary/aromatic N) is 5. The van der Waals surface area contributed by atoms with E-state index < -0.39 is 0 Å². The van der Waals surface area contributed by atoms with Crippen molar-refractivity contribution in [1.82, 2.24) is 19.2 Å². The third kappa shape index (κ3) is 3.95. The molecule has 2 heterocycles. The van der Waals surface area contributed by atoms with Crippen LogP contribution in [-0.4, -0.2) is 36.9 Å². The van der Waals surface area contributed by atoms with Crippen LogP contribution in [0.1, 0.15) is 27.2 Å². The van der Waals surface area contributed by atoms with E-state index in [4.69, 9.17) is 0 Å². The Bertz CT molecular complexity index is 1280. The second-order valence-corrected chi connectivity index (χ2v) is 8.52. The summed E-state index contributed by atoms with van der Waals surface area (Å²) in [7, 11) is 0. The third-order valence-electron chi connectivity index (χ3n) is 5.07. The first-order valence-electron chi connectivity index (χ1n) is 10.4. The summed E-state index contributed by atoms with van der Waals surface area (Å²) in [6.45, 7) is 6.58. The Morgan fingerprint density at radius 1 is 1.06 bits per heavy atom. The van der Waals surface area contributed by atoms with Crippen molar-refractivity contribution in [3.05, 3.63) is 65.0 Å². The van der Waals surface area contributed by atoms with Gasteiger partial charge in [-0.05, 0) is 44.5 Å². The molecule has 0 saturated carbocycles. The summed E-state index contributed by atoms with van der Waals surface area (Å²) in [5, 5.41) is 9.83. The lowest BCUT2D eigenvalue weighted by Crippen LogP contribution is -2.38. The molecule has 2 aromatic carbocycles. The Morgan fingerprint density at radius 3 is 2.48 bits per heavy atom. The lowest BCUT2D eigenvalue weighted by Gasteiger charge is -2.26. The zero-order chi connectivity index (χ0) is 22.0. The number of fused-ring (bicyclic) bond motifs is 3. The number of amides is 1. The van der Waals surface area contributed by atoms with Crippen LogP contribution in [-0.2, 0) is 11.3 Å². The fraction of sp³-hybridized carbons (Fsp3) is 0.304. The molecule has 160 valence electrons. The highest BCUT2D eigenvalue weighted by Crippen LogP contribution is 2.24. The van der Waals surface area contributed by atoms with Crippen LogP contribution in [0.15, 0.2) is 64.5 Å². The number of aromatic nitrogens is 4. The van der Waals surface area contributed by atoms with Crippen LogP contribution in [0.4, 0.5) is 5.69 Å². The zero-order valence-corrected chi connectivity index (χ0v) is 18.7. The fourth-order valence-corrected chi connectivity index (χ4v) is 4.57. The second kappa shape index (κ2) is 8.93. The van der Waals surface area contributed by atoms with Crippen LogP contribution < -0.4 is 10.5 Å². The van der Waals surface area contributed by atoms with Gasteiger partial charge in [0.25, 0.3) is 5.56 Å². The fourth-order valence-electron chi connectivity index (χ4n) is 3.77. The number of rotatable bonds is 7. The monoisotopic (exact) mass is 435 g/mol. The van der Waals surface area contributed by atoms with Crippen molar-refractivity contribution in [3.63, 3.8) is 0 Å². The molecular formula is C23H25N5O2S. The first-order chi connectivity index (χ1) is 15.0. The van der Waals surface area contributed by atoms with Gasteiger partial charge in [-0.25, -0.2) is 0 Å². The van der Waals surface area contributed by atoms with Crippen LogP contribution in [0, 0.1) is 0 Å². The standard InChI is InChI=1S/C23H25N5O2S/c1-4-14-26-21(30)18-12-8-9-13-19(18)28-22(26)24-25-23(28)31-15-20(29)27(16(2)3)17-10-6-5-7-11-17/h5-13,16H,4,14-15H2,1-3H3. The highest BCUT2D eigenvalue weighted by Gasteiger charge is 2.21. The molecule has 31 heavy (non-hydrogen) atoms. The van der Waals surface area contributed by atoms with Crippen LogP contribution >= 0.6 is 11.8 Å². The number of anilines is 1. The van der Waals surface area contributed by atoms with E-state index in [-0.39, 0.29) is 23.3 Å². The smallest absolute Gasteiger partial charge is 0.262 e. The van der Waals surface area contributed by atoms with Crippen LogP contribution in [0.25, 0.3) is 16.7 Å². The first kappa shape index (κ1) is 21.1. The van der Waals surface area contributed by atoms with Crippen molar-refractivity contribution in [3.8, 4) is 0 Å². The number of thioether (sulfide) groups is 1. The first-order valence-corrected chi connectivity index (χ1v) is 11.4. The van der Waals surface area contributed by atoms with Gasteiger partial charge in [0, 0.05) is 18.3 Å². The minimum absolute atomic E-state index is 0.00543. The van der Waals surface area contributed by atoms with Gasteiger partial charge in [0.2, 0.25) is 11.7 Å². The zero-order valence-electron chi connectivity index (χ0n) is 17.9. The summed E-state index contributed by atoms with van der Waals surface area (Å²) in [4.78, 5) is 27.8. The molecule has 0 radical (unpaired) electrons. The Hall–Kier alpha value is -3.13. The van der Waals surface area contributed by atoms with E-state index in [0.717, 1.165) is 17.6 Å². The van der Waals surface area contributed by atoms with Gasteiger partial charge in [0.05, 0.1) is 16.7 Å². The van der Waals surface area contributed by atoms with Crippen molar-refractivity contribution in [2.45, 2.75) is 44.9 Å². The minimum Gasteiger partial charge on any atom is -0.309 e. The summed E-state index contributed by atoms with van der Waals surface area (Å²) >= 11 is 1.34. The Balaban J connectivity index is 1.71. The number of benzene rings is 2. The van der Waals surface area contributed by atoms with Crippen molar-refractivity contribution < 1.29 is 4.79 Å². The summed E-state index contributed by atoms with van der Waals surface area (Å²) in [6, 6.07) is 17.1. The predicted molar refractivity (Wildman–Crippen MR) is 125 cm³/mol. The number of aryl methyl sites for hydroxylation is 1. The topological polar surface area (TPSA) is 72.5 Å². The van der Waals surface area contributed by atoms with E-state index in [1.54, 1.807) is 9.47 Å². The van der Waals surface area contributed by atoms with Crippen LogP contribution in [0.2, 0.25) is 0 Å². The number of hydrogen-bond donors (Lipinski definition) is 0. The highest BCUT2D eigenvalue weighted by atomic mass is 32.2. The van der Waals surface area contributed by atoms with Gasteiger partial charge in [-0.1, -0.05) is 49.0 Å². The van der Waals surface area contributed by atoms with Gasteiger partial charge in [0.1, 0.15) is 0 Å². The molecule has 1 amide bonds. The second-order valence-electron chi connectivity index (χ2n) is 7.57. The van der Waals surface area contributed by atoms with Crippen molar-refractivity contribution >= 4 is 40.0 Å². The highest BCUT2D eigenvalue weighted by molar-refractivity contribution is 7.99. The number of para-hydroxylation sites is 2. The van der Waals surface area contributed by atoms with Gasteiger partial charge in [-0.3, -0.25) is 18.6 Å². The largest absolute Gasteiger partial charge is 0.309 e. The summed E-state index contributed by atoms with van der Waals surface area (Å²) < 4.78 is 3.54. The van der Waals surface area contributed by atoms with Gasteiger partial charge < -0.3 is 4.90 Å². The molecule has 0 saturated heterocycles. The molecule has 0 N–H and O–H groups in total. The molecule has 0 aliphatic carbocycles. The molecule has 8 heteroatoms. The molecule has 0 fully saturated rings. The summed E-state index contributed by atoms with van der Waals surface area (Å²) in [6.07, 6.45) is 0.808. The van der Waals surface area contributed by atoms with E-state index in [1.807, 2.05) is 79.8 Å². The summed E-state index contributed by atoms with van der Waals surface area (Å²) in [5.74, 6) is 0.716. The Morgan fingerprint density at radius 2 is 1.77 bits per heavy atom. The normalized spacial score (nSPS) is 11.5. The molecule has 0 spiro atoms. The maximum atomic E-state index is 13.1. The molecular weight excluding hydrogens is 410 g/mol. The van der Waals surface area contributed by atoms with E-state index in [0.29, 0.717) is 22.9 Å². The molecule has 7 nitrogen and oxygen atoms in total.